The predicted octanol–water partition coefficient (Wildman–Crippen LogP) is 2.02. The molecule has 0 atom stereocenters. The molecule has 2 aromatic heterocycles. The standard InChI is InChI=1S/C16H21N5O2S.ClH/c1-9(2)21-7-5-10-12(8-21)24-16(13(10)14(17)22)19-15(23)11-4-6-18-20(11)3;/h4,6,9H,5,7-8H2,1-3H3,(H2,17,22)(H,19,23);1H. The Labute approximate surface area is 156 Å². The number of carbonyl (C=O) groups is 2. The number of carbonyl (C=O) groups excluding carboxylic acids is 2. The lowest BCUT2D eigenvalue weighted by atomic mass is 10.0. The molecule has 0 bridgehead atoms. The van der Waals surface area contributed by atoms with Crippen LogP contribution < -0.4 is 11.1 Å². The number of primary amides is 1. The van der Waals surface area contributed by atoms with Gasteiger partial charge in [0.05, 0.1) is 5.56 Å². The molecule has 0 fully saturated rings. The van der Waals surface area contributed by atoms with Gasteiger partial charge in [-0.2, -0.15) is 5.10 Å². The second kappa shape index (κ2) is 7.55. The van der Waals surface area contributed by atoms with Crippen LogP contribution in [-0.4, -0.2) is 39.1 Å². The number of nitrogens with zero attached hydrogens (tertiary/aromatic N) is 3. The normalized spacial score (nSPS) is 14.1. The number of nitrogens with two attached hydrogens (primary N) is 1. The van der Waals surface area contributed by atoms with E-state index in [0.29, 0.717) is 22.3 Å². The van der Waals surface area contributed by atoms with Gasteiger partial charge in [0.25, 0.3) is 11.8 Å². The lowest BCUT2D eigenvalue weighted by Crippen LogP contribution is -2.35. The van der Waals surface area contributed by atoms with Gasteiger partial charge in [-0.25, -0.2) is 0 Å². The zero-order valence-electron chi connectivity index (χ0n) is 14.4. The lowest BCUT2D eigenvalue weighted by Gasteiger charge is -2.30. The number of halogens is 1. The van der Waals surface area contributed by atoms with Gasteiger partial charge in [0, 0.05) is 37.3 Å². The van der Waals surface area contributed by atoms with Crippen LogP contribution in [0.1, 0.15) is 45.1 Å². The molecule has 3 heterocycles. The fraction of sp³-hybridized carbons (Fsp3) is 0.438. The highest BCUT2D eigenvalue weighted by molar-refractivity contribution is 7.17. The molecule has 2 amide bonds. The van der Waals surface area contributed by atoms with Crippen molar-refractivity contribution in [1.82, 2.24) is 14.7 Å². The van der Waals surface area contributed by atoms with E-state index in [2.05, 4.69) is 29.2 Å². The number of nitrogens with one attached hydrogen (secondary N) is 1. The topological polar surface area (TPSA) is 93.2 Å². The number of aryl methyl sites for hydroxylation is 1. The van der Waals surface area contributed by atoms with Crippen molar-refractivity contribution in [1.29, 1.82) is 0 Å². The molecule has 136 valence electrons. The molecule has 1 aliphatic rings. The third kappa shape index (κ3) is 3.70. The number of amides is 2. The zero-order chi connectivity index (χ0) is 17.4. The van der Waals surface area contributed by atoms with Crippen LogP contribution in [0.4, 0.5) is 5.00 Å². The van der Waals surface area contributed by atoms with Crippen LogP contribution in [0.15, 0.2) is 12.3 Å². The Bertz CT molecular complexity index is 799. The van der Waals surface area contributed by atoms with Crippen molar-refractivity contribution in [2.75, 3.05) is 11.9 Å². The van der Waals surface area contributed by atoms with Gasteiger partial charge in [-0.05, 0) is 31.9 Å². The van der Waals surface area contributed by atoms with Gasteiger partial charge in [0.1, 0.15) is 10.7 Å². The SMILES string of the molecule is CC(C)N1CCc2c(sc(NC(=O)c3ccnn3C)c2C(N)=O)C1.Cl. The first-order valence-corrected chi connectivity index (χ1v) is 8.68. The Balaban J connectivity index is 0.00000225. The lowest BCUT2D eigenvalue weighted by molar-refractivity contribution is 0.0999. The van der Waals surface area contributed by atoms with Crippen molar-refractivity contribution >= 4 is 40.6 Å². The molecule has 3 N–H and O–H groups in total. The van der Waals surface area contributed by atoms with E-state index in [9.17, 15) is 9.59 Å². The number of rotatable bonds is 4. The molecule has 0 radical (unpaired) electrons. The minimum atomic E-state index is -0.495. The third-order valence-electron chi connectivity index (χ3n) is 4.34. The Morgan fingerprint density at radius 3 is 2.68 bits per heavy atom. The van der Waals surface area contributed by atoms with Gasteiger partial charge in [-0.15, -0.1) is 23.7 Å². The molecule has 3 rings (SSSR count). The first-order chi connectivity index (χ1) is 11.4. The maximum absolute atomic E-state index is 12.4. The third-order valence-corrected chi connectivity index (χ3v) is 5.48. The second-order valence-electron chi connectivity index (χ2n) is 6.18. The average molecular weight is 384 g/mol. The first kappa shape index (κ1) is 19.4. The summed E-state index contributed by atoms with van der Waals surface area (Å²) in [7, 11) is 1.70. The molecule has 0 aliphatic carbocycles. The maximum Gasteiger partial charge on any atom is 0.274 e. The highest BCUT2D eigenvalue weighted by atomic mass is 35.5. The van der Waals surface area contributed by atoms with Gasteiger partial charge in [-0.1, -0.05) is 0 Å². The Morgan fingerprint density at radius 2 is 2.12 bits per heavy atom. The van der Waals surface area contributed by atoms with Crippen LogP contribution in [0.25, 0.3) is 0 Å². The molecule has 2 aromatic rings. The fourth-order valence-electron chi connectivity index (χ4n) is 2.98. The van der Waals surface area contributed by atoms with Crippen molar-refractivity contribution < 1.29 is 9.59 Å². The maximum atomic E-state index is 12.4. The number of aromatic nitrogens is 2. The van der Waals surface area contributed by atoms with E-state index in [-0.39, 0.29) is 18.3 Å². The van der Waals surface area contributed by atoms with E-state index in [1.54, 1.807) is 19.3 Å². The minimum absolute atomic E-state index is 0. The Kier molecular flexibility index (Phi) is 5.87. The van der Waals surface area contributed by atoms with Crippen molar-refractivity contribution in [3.05, 3.63) is 34.0 Å². The van der Waals surface area contributed by atoms with Crippen LogP contribution in [0, 0.1) is 0 Å². The second-order valence-corrected chi connectivity index (χ2v) is 7.29. The van der Waals surface area contributed by atoms with Crippen LogP contribution in [0.2, 0.25) is 0 Å². The number of anilines is 1. The summed E-state index contributed by atoms with van der Waals surface area (Å²) in [6.07, 6.45) is 2.33. The average Bonchev–Trinajstić information content (AvgIpc) is 3.09. The molecule has 0 aromatic carbocycles. The number of thiophene rings is 1. The number of fused-ring (bicyclic) bond motifs is 1. The summed E-state index contributed by atoms with van der Waals surface area (Å²) < 4.78 is 1.49. The number of hydrogen-bond acceptors (Lipinski definition) is 5. The van der Waals surface area contributed by atoms with Crippen molar-refractivity contribution in [2.45, 2.75) is 32.9 Å². The summed E-state index contributed by atoms with van der Waals surface area (Å²) >= 11 is 1.44. The summed E-state index contributed by atoms with van der Waals surface area (Å²) in [4.78, 5) is 27.8. The zero-order valence-corrected chi connectivity index (χ0v) is 16.0. The minimum Gasteiger partial charge on any atom is -0.365 e. The molecule has 0 unspecified atom stereocenters. The van der Waals surface area contributed by atoms with Crippen LogP contribution in [0.5, 0.6) is 0 Å². The fourth-order valence-corrected chi connectivity index (χ4v) is 4.25. The van der Waals surface area contributed by atoms with E-state index in [1.807, 2.05) is 0 Å². The van der Waals surface area contributed by atoms with Gasteiger partial charge < -0.3 is 11.1 Å². The van der Waals surface area contributed by atoms with Crippen molar-refractivity contribution in [3.8, 4) is 0 Å². The van der Waals surface area contributed by atoms with Crippen molar-refractivity contribution in [3.63, 3.8) is 0 Å². The van der Waals surface area contributed by atoms with Gasteiger partial charge >= 0.3 is 0 Å². The summed E-state index contributed by atoms with van der Waals surface area (Å²) in [6.45, 7) is 5.97. The summed E-state index contributed by atoms with van der Waals surface area (Å²) in [5, 5.41) is 7.36. The Morgan fingerprint density at radius 1 is 1.40 bits per heavy atom. The molecule has 0 saturated carbocycles. The molecule has 7 nitrogen and oxygen atoms in total. The van der Waals surface area contributed by atoms with Crippen LogP contribution >= 0.6 is 23.7 Å². The van der Waals surface area contributed by atoms with E-state index in [1.165, 1.54) is 16.0 Å². The number of hydrogen-bond donors (Lipinski definition) is 2. The monoisotopic (exact) mass is 383 g/mol. The van der Waals surface area contributed by atoms with Crippen molar-refractivity contribution in [2.24, 2.45) is 12.8 Å². The molecule has 0 saturated heterocycles. The highest BCUT2D eigenvalue weighted by Gasteiger charge is 2.28. The van der Waals surface area contributed by atoms with Gasteiger partial charge in [0.15, 0.2) is 0 Å². The van der Waals surface area contributed by atoms with E-state index in [4.69, 9.17) is 5.73 Å². The molecular weight excluding hydrogens is 362 g/mol. The molecule has 0 spiro atoms. The van der Waals surface area contributed by atoms with Crippen LogP contribution in [0.3, 0.4) is 0 Å². The summed E-state index contributed by atoms with van der Waals surface area (Å²) in [5.74, 6) is -0.789. The highest BCUT2D eigenvalue weighted by Crippen LogP contribution is 2.37. The van der Waals surface area contributed by atoms with E-state index in [0.717, 1.165) is 30.0 Å². The molecule has 1 aliphatic heterocycles. The Hall–Kier alpha value is -1.90. The molecular formula is C16H22ClN5O2S. The van der Waals surface area contributed by atoms with Gasteiger partial charge in [0.2, 0.25) is 0 Å². The van der Waals surface area contributed by atoms with Gasteiger partial charge in [-0.3, -0.25) is 19.2 Å². The van der Waals surface area contributed by atoms with E-state index >= 15 is 0 Å². The summed E-state index contributed by atoms with van der Waals surface area (Å²) in [6, 6.07) is 2.07. The van der Waals surface area contributed by atoms with E-state index < -0.39 is 5.91 Å². The predicted molar refractivity (Wildman–Crippen MR) is 100 cm³/mol. The van der Waals surface area contributed by atoms with Crippen LogP contribution in [-0.2, 0) is 20.0 Å². The molecule has 25 heavy (non-hydrogen) atoms. The largest absolute Gasteiger partial charge is 0.365 e. The first-order valence-electron chi connectivity index (χ1n) is 7.86. The quantitative estimate of drug-likeness (QED) is 0.844. The smallest absolute Gasteiger partial charge is 0.274 e. The summed E-state index contributed by atoms with van der Waals surface area (Å²) in [5.41, 5.74) is 7.45. The molecule has 9 heteroatoms.